The van der Waals surface area contributed by atoms with Gasteiger partial charge in [-0.05, 0) is 39.3 Å². The summed E-state index contributed by atoms with van der Waals surface area (Å²) in [5, 5.41) is 9.01. The number of amides is 1. The summed E-state index contributed by atoms with van der Waals surface area (Å²) in [7, 11) is 6.36. The maximum Gasteiger partial charge on any atom is 0.225 e. The average molecular weight is 522 g/mol. The first kappa shape index (κ1) is 29.3. The quantitative estimate of drug-likeness (QED) is 0.581. The fourth-order valence-electron chi connectivity index (χ4n) is 4.47. The van der Waals surface area contributed by atoms with E-state index in [0.717, 1.165) is 95.7 Å². The van der Waals surface area contributed by atoms with Crippen LogP contribution in [-0.2, 0) is 4.79 Å². The third-order valence-electron chi connectivity index (χ3n) is 7.16. The first-order valence-corrected chi connectivity index (χ1v) is 13.4. The number of nitriles is 1. The molecule has 0 atom stereocenters. The second-order valence-corrected chi connectivity index (χ2v) is 10.1. The van der Waals surface area contributed by atoms with Gasteiger partial charge in [0, 0.05) is 97.9 Å². The predicted octanol–water partition coefficient (Wildman–Crippen LogP) is 1.32. The topological polar surface area (TPSA) is 86.1 Å². The number of hydrogen-bond acceptors (Lipinski definition) is 9. The lowest BCUT2D eigenvalue weighted by molar-refractivity contribution is -0.130. The fraction of sp³-hybridized carbons (Fsp3) is 0.571. The smallest absolute Gasteiger partial charge is 0.225 e. The van der Waals surface area contributed by atoms with Crippen LogP contribution in [0.2, 0.25) is 0 Å². The van der Waals surface area contributed by atoms with Crippen LogP contribution in [0.25, 0.3) is 0 Å². The average Bonchev–Trinajstić information content (AvgIpc) is 2.95. The van der Waals surface area contributed by atoms with Gasteiger partial charge in [-0.2, -0.15) is 5.26 Å². The Bertz CT molecular complexity index is 1000. The molecule has 1 aromatic carbocycles. The van der Waals surface area contributed by atoms with Gasteiger partial charge < -0.3 is 29.4 Å². The lowest BCUT2D eigenvalue weighted by atomic mass is 10.1. The Morgan fingerprint density at radius 2 is 1.18 bits per heavy atom. The highest BCUT2D eigenvalue weighted by atomic mass is 16.2. The molecular formula is C28H43N9O. The van der Waals surface area contributed by atoms with Crippen molar-refractivity contribution in [1.82, 2.24) is 29.6 Å². The summed E-state index contributed by atoms with van der Waals surface area (Å²) in [6, 6.07) is 11.9. The number of rotatable bonds is 2. The normalized spacial score (nSPS) is 19.0. The van der Waals surface area contributed by atoms with Gasteiger partial charge in [0.25, 0.3) is 0 Å². The minimum atomic E-state index is 0.202. The third-order valence-corrected chi connectivity index (χ3v) is 7.16. The van der Waals surface area contributed by atoms with Crippen molar-refractivity contribution in [3.05, 3.63) is 48.3 Å². The molecule has 2 aromatic rings. The van der Waals surface area contributed by atoms with Gasteiger partial charge in [0.1, 0.15) is 6.07 Å². The molecule has 3 saturated heterocycles. The number of hydrogen-bond donors (Lipinski definition) is 0. The van der Waals surface area contributed by atoms with Crippen molar-refractivity contribution in [3.8, 4) is 6.07 Å². The molecule has 0 unspecified atom stereocenters. The lowest BCUT2D eigenvalue weighted by Gasteiger charge is -2.34. The lowest BCUT2D eigenvalue weighted by Crippen LogP contribution is -2.46. The van der Waals surface area contributed by atoms with Crippen LogP contribution in [0.5, 0.6) is 0 Å². The van der Waals surface area contributed by atoms with E-state index in [1.807, 2.05) is 35.2 Å². The van der Waals surface area contributed by atoms with Crippen LogP contribution in [0.15, 0.2) is 42.7 Å². The van der Waals surface area contributed by atoms with E-state index in [4.69, 9.17) is 5.26 Å². The Morgan fingerprint density at radius 3 is 1.68 bits per heavy atom. The van der Waals surface area contributed by atoms with Crippen molar-refractivity contribution in [3.63, 3.8) is 0 Å². The maximum absolute atomic E-state index is 10.8. The molecule has 10 heteroatoms. The van der Waals surface area contributed by atoms with E-state index >= 15 is 0 Å². The van der Waals surface area contributed by atoms with Crippen LogP contribution in [0.1, 0.15) is 12.5 Å². The van der Waals surface area contributed by atoms with Crippen molar-refractivity contribution >= 4 is 17.5 Å². The highest BCUT2D eigenvalue weighted by Crippen LogP contribution is 2.20. The van der Waals surface area contributed by atoms with Gasteiger partial charge in [0.2, 0.25) is 11.9 Å². The van der Waals surface area contributed by atoms with E-state index < -0.39 is 0 Å². The molecule has 38 heavy (non-hydrogen) atoms. The standard InChI is InChI=1S/C12H15N3.C9H14N4.C7H14N2O/c1-14-6-8-15(9-7-14)12-5-3-2-4-11(12)10-13;1-12-5-7-13(8-6-12)9-10-3-2-4-11-9;1-7(10)9-5-3-8(2)4-6-9/h2-5H,6-9H2,1H3;2-4H,5-8H2,1H3;3-6H2,1-2H3. The van der Waals surface area contributed by atoms with Gasteiger partial charge >= 0.3 is 0 Å². The molecular weight excluding hydrogens is 478 g/mol. The Hall–Kier alpha value is -3.26. The summed E-state index contributed by atoms with van der Waals surface area (Å²) in [5.41, 5.74) is 1.86. The monoisotopic (exact) mass is 521 g/mol. The molecule has 3 aliphatic rings. The Morgan fingerprint density at radius 1 is 0.711 bits per heavy atom. The van der Waals surface area contributed by atoms with Gasteiger partial charge in [-0.25, -0.2) is 9.97 Å². The number of anilines is 2. The maximum atomic E-state index is 10.8. The molecule has 0 radical (unpaired) electrons. The number of nitrogens with zero attached hydrogens (tertiary/aromatic N) is 9. The Balaban J connectivity index is 0.000000161. The number of carbonyl (C=O) groups is 1. The predicted molar refractivity (Wildman–Crippen MR) is 152 cm³/mol. The van der Waals surface area contributed by atoms with Crippen LogP contribution in [-0.4, -0.2) is 135 Å². The van der Waals surface area contributed by atoms with Crippen molar-refractivity contribution < 1.29 is 4.79 Å². The molecule has 1 amide bonds. The Labute approximate surface area is 228 Å². The number of benzene rings is 1. The zero-order valence-corrected chi connectivity index (χ0v) is 23.5. The minimum absolute atomic E-state index is 0.202. The molecule has 0 aliphatic carbocycles. The molecule has 3 aliphatic heterocycles. The van der Waals surface area contributed by atoms with Crippen molar-refractivity contribution in [1.29, 1.82) is 5.26 Å². The van der Waals surface area contributed by atoms with Crippen LogP contribution >= 0.6 is 0 Å². The van der Waals surface area contributed by atoms with E-state index in [2.05, 4.69) is 61.7 Å². The SMILES string of the molecule is CC(=O)N1CCN(C)CC1.CN1CCN(c2ccccc2C#N)CC1.CN1CCN(c2ncccn2)CC1. The summed E-state index contributed by atoms with van der Waals surface area (Å²) >= 11 is 0. The number of para-hydroxylation sites is 1. The molecule has 206 valence electrons. The summed E-state index contributed by atoms with van der Waals surface area (Å²) < 4.78 is 0. The van der Waals surface area contributed by atoms with E-state index in [-0.39, 0.29) is 5.91 Å². The largest absolute Gasteiger partial charge is 0.368 e. The first-order chi connectivity index (χ1) is 18.4. The highest BCUT2D eigenvalue weighted by Gasteiger charge is 2.17. The molecule has 3 fully saturated rings. The number of likely N-dealkylation sites (N-methyl/N-ethyl adjacent to an activating group) is 3. The van der Waals surface area contributed by atoms with Crippen LogP contribution in [0.4, 0.5) is 11.6 Å². The third kappa shape index (κ3) is 9.24. The van der Waals surface area contributed by atoms with Crippen LogP contribution in [0, 0.1) is 11.3 Å². The number of carbonyl (C=O) groups excluding carboxylic acids is 1. The molecule has 0 bridgehead atoms. The van der Waals surface area contributed by atoms with Gasteiger partial charge in [0.15, 0.2) is 0 Å². The van der Waals surface area contributed by atoms with E-state index in [9.17, 15) is 4.79 Å². The zero-order chi connectivity index (χ0) is 27.3. The second-order valence-electron chi connectivity index (χ2n) is 10.1. The first-order valence-electron chi connectivity index (χ1n) is 13.4. The van der Waals surface area contributed by atoms with Gasteiger partial charge in [-0.3, -0.25) is 4.79 Å². The number of piperazine rings is 3. The highest BCUT2D eigenvalue weighted by molar-refractivity contribution is 5.73. The molecule has 10 nitrogen and oxygen atoms in total. The van der Waals surface area contributed by atoms with E-state index in [1.165, 1.54) is 0 Å². The molecule has 1 aromatic heterocycles. The van der Waals surface area contributed by atoms with Crippen molar-refractivity contribution in [2.45, 2.75) is 6.92 Å². The molecule has 0 saturated carbocycles. The van der Waals surface area contributed by atoms with Gasteiger partial charge in [-0.15, -0.1) is 0 Å². The fourth-order valence-corrected chi connectivity index (χ4v) is 4.47. The van der Waals surface area contributed by atoms with Crippen LogP contribution in [0.3, 0.4) is 0 Å². The van der Waals surface area contributed by atoms with Gasteiger partial charge in [0.05, 0.1) is 11.3 Å². The summed E-state index contributed by atoms with van der Waals surface area (Å²) in [5.74, 6) is 1.06. The van der Waals surface area contributed by atoms with Gasteiger partial charge in [-0.1, -0.05) is 12.1 Å². The summed E-state index contributed by atoms with van der Waals surface area (Å²) in [6.45, 7) is 13.9. The van der Waals surface area contributed by atoms with Crippen molar-refractivity contribution in [2.75, 3.05) is 109 Å². The van der Waals surface area contributed by atoms with E-state index in [0.29, 0.717) is 0 Å². The second kappa shape index (κ2) is 15.2. The van der Waals surface area contributed by atoms with Crippen molar-refractivity contribution in [2.24, 2.45) is 0 Å². The molecule has 5 rings (SSSR count). The Kier molecular flexibility index (Phi) is 11.7. The summed E-state index contributed by atoms with van der Waals surface area (Å²) in [6.07, 6.45) is 3.58. The number of aromatic nitrogens is 2. The molecule has 0 spiro atoms. The zero-order valence-electron chi connectivity index (χ0n) is 23.5. The molecule has 0 N–H and O–H groups in total. The summed E-state index contributed by atoms with van der Waals surface area (Å²) in [4.78, 5) is 32.5. The molecule has 4 heterocycles. The van der Waals surface area contributed by atoms with E-state index in [1.54, 1.807) is 19.3 Å². The minimum Gasteiger partial charge on any atom is -0.368 e. The van der Waals surface area contributed by atoms with Crippen LogP contribution < -0.4 is 9.80 Å².